The molecular formula is C22H13Cl2F4N3O3. The summed E-state index contributed by atoms with van der Waals surface area (Å²) < 4.78 is 65.5. The molecule has 0 fully saturated rings. The number of amides is 1. The fourth-order valence-electron chi connectivity index (χ4n) is 2.91. The highest BCUT2D eigenvalue weighted by Crippen LogP contribution is 2.27. The molecule has 12 heteroatoms. The second kappa shape index (κ2) is 9.78. The second-order valence-electron chi connectivity index (χ2n) is 6.96. The predicted molar refractivity (Wildman–Crippen MR) is 115 cm³/mol. The Bertz CT molecular complexity index is 1330. The third-order valence-corrected chi connectivity index (χ3v) is 5.05. The fourth-order valence-corrected chi connectivity index (χ4v) is 3.23. The number of rotatable bonds is 7. The van der Waals surface area contributed by atoms with E-state index in [0.29, 0.717) is 11.6 Å². The molecule has 0 aliphatic rings. The van der Waals surface area contributed by atoms with Crippen molar-refractivity contribution in [2.24, 2.45) is 0 Å². The molecule has 0 bridgehead atoms. The molecule has 1 N–H and O–H groups in total. The topological polar surface area (TPSA) is 69.3 Å². The predicted octanol–water partition coefficient (Wildman–Crippen LogP) is 6.22. The summed E-state index contributed by atoms with van der Waals surface area (Å²) in [6.45, 7) is -0.219. The van der Waals surface area contributed by atoms with Crippen molar-refractivity contribution in [3.63, 3.8) is 0 Å². The van der Waals surface area contributed by atoms with E-state index in [2.05, 4.69) is 10.4 Å². The molecule has 0 aliphatic carbocycles. The largest absolute Gasteiger partial charge is 0.479 e. The van der Waals surface area contributed by atoms with Crippen molar-refractivity contribution in [3.8, 4) is 5.75 Å². The van der Waals surface area contributed by atoms with Gasteiger partial charge in [0.25, 0.3) is 5.91 Å². The summed E-state index contributed by atoms with van der Waals surface area (Å²) >= 11 is 12.0. The molecule has 0 radical (unpaired) electrons. The minimum absolute atomic E-state index is 0.0343. The smallest absolute Gasteiger partial charge is 0.292 e. The molecule has 0 saturated heterocycles. The number of furan rings is 1. The van der Waals surface area contributed by atoms with E-state index < -0.39 is 41.5 Å². The monoisotopic (exact) mass is 513 g/mol. The molecule has 0 aliphatic heterocycles. The number of nitrogens with one attached hydrogen (secondary N) is 1. The highest BCUT2D eigenvalue weighted by Gasteiger charge is 2.22. The van der Waals surface area contributed by atoms with Gasteiger partial charge in [-0.25, -0.2) is 8.78 Å². The van der Waals surface area contributed by atoms with Crippen LogP contribution in [0.15, 0.2) is 53.1 Å². The third kappa shape index (κ3) is 5.18. The number of hydrogen-bond donors (Lipinski definition) is 1. The summed E-state index contributed by atoms with van der Waals surface area (Å²) in [5.41, 5.74) is 0.906. The Hall–Kier alpha value is -3.50. The van der Waals surface area contributed by atoms with Gasteiger partial charge in [-0.2, -0.15) is 13.9 Å². The van der Waals surface area contributed by atoms with E-state index in [0.717, 1.165) is 5.56 Å². The highest BCUT2D eigenvalue weighted by molar-refractivity contribution is 6.33. The van der Waals surface area contributed by atoms with Crippen molar-refractivity contribution >= 4 is 34.9 Å². The molecule has 1 amide bonds. The molecule has 2 aromatic heterocycles. The van der Waals surface area contributed by atoms with E-state index in [9.17, 15) is 22.4 Å². The van der Waals surface area contributed by atoms with Gasteiger partial charge in [-0.15, -0.1) is 0 Å². The van der Waals surface area contributed by atoms with Crippen molar-refractivity contribution < 1.29 is 31.5 Å². The molecule has 0 spiro atoms. The molecule has 2 heterocycles. The zero-order valence-corrected chi connectivity index (χ0v) is 18.4. The van der Waals surface area contributed by atoms with Crippen LogP contribution in [-0.2, 0) is 13.2 Å². The quantitative estimate of drug-likeness (QED) is 0.235. The molecule has 6 nitrogen and oxygen atoms in total. The second-order valence-corrected chi connectivity index (χ2v) is 7.80. The Morgan fingerprint density at radius 3 is 2.38 bits per heavy atom. The van der Waals surface area contributed by atoms with Crippen molar-refractivity contribution in [2.45, 2.75) is 13.2 Å². The van der Waals surface area contributed by atoms with Gasteiger partial charge in [0.05, 0.1) is 6.54 Å². The van der Waals surface area contributed by atoms with Gasteiger partial charge in [-0.3, -0.25) is 9.48 Å². The summed E-state index contributed by atoms with van der Waals surface area (Å²) in [6.07, 6.45) is 1.52. The summed E-state index contributed by atoms with van der Waals surface area (Å²) in [6, 6.07) is 9.73. The van der Waals surface area contributed by atoms with Gasteiger partial charge in [0.2, 0.25) is 11.6 Å². The first-order valence-electron chi connectivity index (χ1n) is 9.54. The lowest BCUT2D eigenvalue weighted by molar-refractivity contribution is 0.0991. The zero-order valence-electron chi connectivity index (χ0n) is 16.9. The molecule has 0 unspecified atom stereocenters. The first-order valence-corrected chi connectivity index (χ1v) is 10.3. The average Bonchev–Trinajstić information content (AvgIpc) is 3.40. The lowest BCUT2D eigenvalue weighted by Crippen LogP contribution is -2.12. The SMILES string of the molecule is O=C(Nc1nn(Cc2ccc(Cl)cc2)cc1Cl)c1ccc(COc2c(F)c(F)cc(F)c2F)o1. The Morgan fingerprint density at radius 2 is 1.71 bits per heavy atom. The number of anilines is 1. The van der Waals surface area contributed by atoms with Crippen LogP contribution in [0.2, 0.25) is 10.0 Å². The minimum Gasteiger partial charge on any atom is -0.479 e. The van der Waals surface area contributed by atoms with Crippen LogP contribution in [0.4, 0.5) is 23.4 Å². The van der Waals surface area contributed by atoms with Gasteiger partial charge < -0.3 is 14.5 Å². The summed E-state index contributed by atoms with van der Waals surface area (Å²) in [4.78, 5) is 12.5. The maximum atomic E-state index is 13.7. The summed E-state index contributed by atoms with van der Waals surface area (Å²) in [5, 5.41) is 7.47. The van der Waals surface area contributed by atoms with Crippen LogP contribution in [0.3, 0.4) is 0 Å². The first kappa shape index (κ1) is 23.7. The van der Waals surface area contributed by atoms with Gasteiger partial charge in [-0.1, -0.05) is 35.3 Å². The molecule has 0 saturated carbocycles. The first-order chi connectivity index (χ1) is 16.2. The van der Waals surface area contributed by atoms with Crippen LogP contribution in [-0.4, -0.2) is 15.7 Å². The van der Waals surface area contributed by atoms with E-state index in [1.807, 2.05) is 12.1 Å². The maximum absolute atomic E-state index is 13.7. The molecular weight excluding hydrogens is 501 g/mol. The van der Waals surface area contributed by atoms with Crippen LogP contribution in [0.1, 0.15) is 21.9 Å². The number of carbonyl (C=O) groups is 1. The van der Waals surface area contributed by atoms with Crippen LogP contribution in [0.25, 0.3) is 0 Å². The number of ether oxygens (including phenoxy) is 1. The van der Waals surface area contributed by atoms with Gasteiger partial charge in [-0.05, 0) is 29.8 Å². The number of halogens is 6. The molecule has 176 valence electrons. The van der Waals surface area contributed by atoms with E-state index in [-0.39, 0.29) is 28.4 Å². The van der Waals surface area contributed by atoms with E-state index in [4.69, 9.17) is 32.4 Å². The van der Waals surface area contributed by atoms with Gasteiger partial charge in [0, 0.05) is 17.3 Å². The normalized spacial score (nSPS) is 11.0. The Morgan fingerprint density at radius 1 is 1.03 bits per heavy atom. The van der Waals surface area contributed by atoms with E-state index in [1.54, 1.807) is 12.1 Å². The maximum Gasteiger partial charge on any atom is 0.292 e. The molecule has 0 atom stereocenters. The number of carbonyl (C=O) groups excluding carboxylic acids is 1. The number of nitrogens with zero attached hydrogens (tertiary/aromatic N) is 2. The Kier molecular flexibility index (Phi) is 6.80. The Labute approximate surface area is 199 Å². The number of aromatic nitrogens is 2. The standard InChI is InChI=1S/C22H13Cl2F4N3O3/c23-12-3-1-11(2-4-12)8-31-9-14(24)21(30-31)29-22(32)17-6-5-13(34-17)10-33-20-18(27)15(25)7-16(26)19(20)28/h1-7,9H,8,10H2,(H,29,30,32). The van der Waals surface area contributed by atoms with Crippen LogP contribution < -0.4 is 10.1 Å². The fraction of sp³-hybridized carbons (Fsp3) is 0.0909. The third-order valence-electron chi connectivity index (χ3n) is 4.52. The van der Waals surface area contributed by atoms with Crippen LogP contribution in [0, 0.1) is 23.3 Å². The number of hydrogen-bond acceptors (Lipinski definition) is 4. The molecule has 4 rings (SSSR count). The lowest BCUT2D eigenvalue weighted by atomic mass is 10.2. The van der Waals surface area contributed by atoms with Gasteiger partial charge in [0.15, 0.2) is 29.0 Å². The van der Waals surface area contributed by atoms with Crippen molar-refractivity contribution in [2.75, 3.05) is 5.32 Å². The van der Waals surface area contributed by atoms with Crippen molar-refractivity contribution in [1.82, 2.24) is 9.78 Å². The van der Waals surface area contributed by atoms with E-state index in [1.165, 1.54) is 23.0 Å². The minimum atomic E-state index is -1.69. The van der Waals surface area contributed by atoms with Gasteiger partial charge >= 0.3 is 0 Å². The Balaban J connectivity index is 1.40. The van der Waals surface area contributed by atoms with Crippen molar-refractivity contribution in [3.05, 3.63) is 99.1 Å². The lowest BCUT2D eigenvalue weighted by Gasteiger charge is -2.08. The van der Waals surface area contributed by atoms with Crippen LogP contribution >= 0.6 is 23.2 Å². The molecule has 4 aromatic rings. The van der Waals surface area contributed by atoms with Gasteiger partial charge in [0.1, 0.15) is 17.4 Å². The highest BCUT2D eigenvalue weighted by atomic mass is 35.5. The average molecular weight is 514 g/mol. The zero-order chi connectivity index (χ0) is 24.4. The summed E-state index contributed by atoms with van der Waals surface area (Å²) in [7, 11) is 0. The van der Waals surface area contributed by atoms with Crippen molar-refractivity contribution in [1.29, 1.82) is 0 Å². The van der Waals surface area contributed by atoms with Crippen LogP contribution in [0.5, 0.6) is 5.75 Å². The van der Waals surface area contributed by atoms with E-state index >= 15 is 0 Å². The summed E-state index contributed by atoms with van der Waals surface area (Å²) in [5.74, 6) is -8.69. The molecule has 34 heavy (non-hydrogen) atoms. The number of benzene rings is 2. The molecule has 2 aromatic carbocycles.